The molecule has 1 aliphatic carbocycles. The van der Waals surface area contributed by atoms with E-state index >= 15 is 0 Å². The molecule has 0 aromatic rings. The second kappa shape index (κ2) is 6.02. The van der Waals surface area contributed by atoms with Crippen LogP contribution < -0.4 is 5.32 Å². The molecule has 0 aromatic heterocycles. The molecule has 0 aromatic carbocycles. The monoisotopic (exact) mass is 224 g/mol. The molecule has 2 fully saturated rings. The molecular weight excluding hydrogens is 196 g/mol. The fourth-order valence-electron chi connectivity index (χ4n) is 3.39. The molecule has 1 N–H and O–H groups in total. The number of hydrogen-bond donors (Lipinski definition) is 1. The minimum absolute atomic E-state index is 0.674. The third kappa shape index (κ3) is 3.74. The molecule has 0 spiro atoms. The third-order valence-corrected chi connectivity index (χ3v) is 4.15. The van der Waals surface area contributed by atoms with Crippen molar-refractivity contribution < 1.29 is 0 Å². The van der Waals surface area contributed by atoms with Gasteiger partial charge < -0.3 is 10.2 Å². The Balaban J connectivity index is 1.67. The molecule has 16 heavy (non-hydrogen) atoms. The van der Waals surface area contributed by atoms with Crippen molar-refractivity contribution >= 4 is 0 Å². The molecule has 1 saturated carbocycles. The molecule has 2 aliphatic rings. The summed E-state index contributed by atoms with van der Waals surface area (Å²) >= 11 is 0. The molecule has 2 heteroatoms. The number of rotatable bonds is 4. The number of piperidine rings is 1. The van der Waals surface area contributed by atoms with Crippen molar-refractivity contribution in [2.45, 2.75) is 64.5 Å². The molecule has 94 valence electrons. The van der Waals surface area contributed by atoms with Gasteiger partial charge in [0.25, 0.3) is 0 Å². The summed E-state index contributed by atoms with van der Waals surface area (Å²) < 4.78 is 0. The van der Waals surface area contributed by atoms with Crippen LogP contribution in [0.4, 0.5) is 0 Å². The van der Waals surface area contributed by atoms with E-state index in [1.165, 1.54) is 58.2 Å². The zero-order valence-electron chi connectivity index (χ0n) is 11.0. The van der Waals surface area contributed by atoms with Crippen LogP contribution in [-0.2, 0) is 0 Å². The standard InChI is InChI=1S/C14H28N2/c1-12-6-5-9-16(10-12)11-13(2)15-14-7-3-4-8-14/h12-15H,3-11H2,1-2H3. The Morgan fingerprint density at radius 1 is 1.19 bits per heavy atom. The highest BCUT2D eigenvalue weighted by atomic mass is 15.2. The van der Waals surface area contributed by atoms with E-state index < -0.39 is 0 Å². The first-order valence-electron chi connectivity index (χ1n) is 7.22. The first kappa shape index (κ1) is 12.4. The van der Waals surface area contributed by atoms with Crippen molar-refractivity contribution in [2.24, 2.45) is 5.92 Å². The Morgan fingerprint density at radius 3 is 2.62 bits per heavy atom. The Hall–Kier alpha value is -0.0800. The van der Waals surface area contributed by atoms with Crippen LogP contribution in [0.5, 0.6) is 0 Å². The molecule has 0 bridgehead atoms. The third-order valence-electron chi connectivity index (χ3n) is 4.15. The normalized spacial score (nSPS) is 30.8. The van der Waals surface area contributed by atoms with Crippen LogP contribution >= 0.6 is 0 Å². The van der Waals surface area contributed by atoms with Gasteiger partial charge in [0.05, 0.1) is 0 Å². The number of nitrogens with one attached hydrogen (secondary N) is 1. The fourth-order valence-corrected chi connectivity index (χ4v) is 3.39. The van der Waals surface area contributed by atoms with E-state index in [9.17, 15) is 0 Å². The number of likely N-dealkylation sites (tertiary alicyclic amines) is 1. The maximum Gasteiger partial charge on any atom is 0.0169 e. The summed E-state index contributed by atoms with van der Waals surface area (Å²) in [7, 11) is 0. The fraction of sp³-hybridized carbons (Fsp3) is 1.00. The molecular formula is C14H28N2. The van der Waals surface area contributed by atoms with Crippen LogP contribution in [0.15, 0.2) is 0 Å². The van der Waals surface area contributed by atoms with Crippen LogP contribution in [0.25, 0.3) is 0 Å². The highest BCUT2D eigenvalue weighted by Gasteiger charge is 2.20. The number of nitrogens with zero attached hydrogens (tertiary/aromatic N) is 1. The van der Waals surface area contributed by atoms with Gasteiger partial charge in [-0.2, -0.15) is 0 Å². The van der Waals surface area contributed by atoms with Crippen molar-refractivity contribution in [3.05, 3.63) is 0 Å². The molecule has 2 unspecified atom stereocenters. The molecule has 0 amide bonds. The van der Waals surface area contributed by atoms with E-state index in [0.29, 0.717) is 6.04 Å². The Kier molecular flexibility index (Phi) is 4.66. The average molecular weight is 224 g/mol. The molecule has 1 saturated heterocycles. The van der Waals surface area contributed by atoms with E-state index in [0.717, 1.165) is 12.0 Å². The van der Waals surface area contributed by atoms with Crippen molar-refractivity contribution in [3.63, 3.8) is 0 Å². The number of hydrogen-bond acceptors (Lipinski definition) is 2. The molecule has 1 aliphatic heterocycles. The lowest BCUT2D eigenvalue weighted by Gasteiger charge is -2.33. The van der Waals surface area contributed by atoms with Gasteiger partial charge in [-0.15, -0.1) is 0 Å². The highest BCUT2D eigenvalue weighted by molar-refractivity contribution is 4.80. The zero-order chi connectivity index (χ0) is 11.4. The predicted octanol–water partition coefficient (Wildman–Crippen LogP) is 2.64. The van der Waals surface area contributed by atoms with Crippen molar-refractivity contribution in [2.75, 3.05) is 19.6 Å². The summed E-state index contributed by atoms with van der Waals surface area (Å²) in [6.45, 7) is 8.64. The molecule has 1 heterocycles. The van der Waals surface area contributed by atoms with Gasteiger partial charge >= 0.3 is 0 Å². The second-order valence-electron chi connectivity index (χ2n) is 6.06. The summed E-state index contributed by atoms with van der Waals surface area (Å²) in [6, 6.07) is 1.49. The van der Waals surface area contributed by atoms with E-state index in [4.69, 9.17) is 0 Å². The lowest BCUT2D eigenvalue weighted by atomic mass is 10.00. The van der Waals surface area contributed by atoms with Crippen LogP contribution in [0.3, 0.4) is 0 Å². The maximum absolute atomic E-state index is 3.80. The van der Waals surface area contributed by atoms with Crippen LogP contribution in [-0.4, -0.2) is 36.6 Å². The van der Waals surface area contributed by atoms with Crippen molar-refractivity contribution in [1.29, 1.82) is 0 Å². The first-order valence-corrected chi connectivity index (χ1v) is 7.22. The Labute approximate surface area is 101 Å². The molecule has 2 rings (SSSR count). The minimum atomic E-state index is 0.674. The van der Waals surface area contributed by atoms with Crippen LogP contribution in [0.1, 0.15) is 52.4 Å². The van der Waals surface area contributed by atoms with Gasteiger partial charge in [-0.05, 0) is 45.1 Å². The first-order chi connectivity index (χ1) is 7.74. The summed E-state index contributed by atoms with van der Waals surface area (Å²) in [4.78, 5) is 2.65. The Bertz CT molecular complexity index is 199. The summed E-state index contributed by atoms with van der Waals surface area (Å²) in [6.07, 6.45) is 8.51. The van der Waals surface area contributed by atoms with Crippen molar-refractivity contribution in [3.8, 4) is 0 Å². The predicted molar refractivity (Wildman–Crippen MR) is 69.7 cm³/mol. The average Bonchev–Trinajstić information content (AvgIpc) is 2.70. The summed E-state index contributed by atoms with van der Waals surface area (Å²) in [5, 5.41) is 3.80. The maximum atomic E-state index is 3.80. The SMILES string of the molecule is CC1CCCN(CC(C)NC2CCCC2)C1. The van der Waals surface area contributed by atoms with Crippen LogP contribution in [0.2, 0.25) is 0 Å². The zero-order valence-corrected chi connectivity index (χ0v) is 11.0. The van der Waals surface area contributed by atoms with Gasteiger partial charge in [-0.3, -0.25) is 0 Å². The molecule has 2 atom stereocenters. The topological polar surface area (TPSA) is 15.3 Å². The van der Waals surface area contributed by atoms with Gasteiger partial charge in [0, 0.05) is 25.2 Å². The second-order valence-corrected chi connectivity index (χ2v) is 6.06. The van der Waals surface area contributed by atoms with Gasteiger partial charge in [-0.1, -0.05) is 19.8 Å². The lowest BCUT2D eigenvalue weighted by Crippen LogP contribution is -2.45. The van der Waals surface area contributed by atoms with Crippen LogP contribution in [0, 0.1) is 5.92 Å². The van der Waals surface area contributed by atoms with Gasteiger partial charge in [0.2, 0.25) is 0 Å². The summed E-state index contributed by atoms with van der Waals surface area (Å²) in [5.74, 6) is 0.910. The summed E-state index contributed by atoms with van der Waals surface area (Å²) in [5.41, 5.74) is 0. The van der Waals surface area contributed by atoms with E-state index in [2.05, 4.69) is 24.1 Å². The minimum Gasteiger partial charge on any atom is -0.310 e. The van der Waals surface area contributed by atoms with Crippen molar-refractivity contribution in [1.82, 2.24) is 10.2 Å². The van der Waals surface area contributed by atoms with Gasteiger partial charge in [-0.25, -0.2) is 0 Å². The smallest absolute Gasteiger partial charge is 0.0169 e. The van der Waals surface area contributed by atoms with Gasteiger partial charge in [0.1, 0.15) is 0 Å². The van der Waals surface area contributed by atoms with E-state index in [1.54, 1.807) is 0 Å². The Morgan fingerprint density at radius 2 is 1.94 bits per heavy atom. The lowest BCUT2D eigenvalue weighted by molar-refractivity contribution is 0.167. The molecule has 2 nitrogen and oxygen atoms in total. The van der Waals surface area contributed by atoms with E-state index in [-0.39, 0.29) is 0 Å². The molecule has 0 radical (unpaired) electrons. The largest absolute Gasteiger partial charge is 0.310 e. The quantitative estimate of drug-likeness (QED) is 0.790. The van der Waals surface area contributed by atoms with E-state index in [1.807, 2.05) is 0 Å². The highest BCUT2D eigenvalue weighted by Crippen LogP contribution is 2.19. The van der Waals surface area contributed by atoms with Gasteiger partial charge in [0.15, 0.2) is 0 Å².